The number of carbonyl (C=O) groups is 1. The van der Waals surface area contributed by atoms with Gasteiger partial charge < -0.3 is 18.9 Å². The Kier molecular flexibility index (Phi) is 4.90. The van der Waals surface area contributed by atoms with Gasteiger partial charge in [0.1, 0.15) is 12.2 Å². The molecular weight excluding hydrogens is 320 g/mol. The van der Waals surface area contributed by atoms with Crippen LogP contribution in [-0.4, -0.2) is 37.0 Å². The summed E-state index contributed by atoms with van der Waals surface area (Å²) in [5.41, 5.74) is 2.01. The highest BCUT2D eigenvalue weighted by atomic mass is 16.8. The maximum atomic E-state index is 12.8. The van der Waals surface area contributed by atoms with Crippen LogP contribution in [0.1, 0.15) is 11.1 Å². The minimum Gasteiger partial charge on any atom is -0.363 e. The van der Waals surface area contributed by atoms with Gasteiger partial charge in [-0.05, 0) is 11.1 Å². The molecule has 0 unspecified atom stereocenters. The summed E-state index contributed by atoms with van der Waals surface area (Å²) < 4.78 is 23.0. The SMILES string of the molecule is O=C1[C@@H](OCc2ccccc2)[C@H]2CO[C@H](O2)[C@H]1OCc1ccccc1. The number of hydrogen-bond acceptors (Lipinski definition) is 5. The van der Waals surface area contributed by atoms with Gasteiger partial charge in [-0.15, -0.1) is 0 Å². The van der Waals surface area contributed by atoms with Gasteiger partial charge in [-0.1, -0.05) is 60.7 Å². The van der Waals surface area contributed by atoms with Gasteiger partial charge in [-0.25, -0.2) is 0 Å². The van der Waals surface area contributed by atoms with Crippen molar-refractivity contribution in [2.45, 2.75) is 37.8 Å². The lowest BCUT2D eigenvalue weighted by Gasteiger charge is -2.32. The Hall–Kier alpha value is -2.05. The van der Waals surface area contributed by atoms with E-state index in [1.807, 2.05) is 60.7 Å². The molecule has 2 fully saturated rings. The molecule has 0 spiro atoms. The third-order valence-electron chi connectivity index (χ3n) is 4.42. The van der Waals surface area contributed by atoms with Gasteiger partial charge in [0.2, 0.25) is 0 Å². The van der Waals surface area contributed by atoms with E-state index < -0.39 is 18.5 Å². The fourth-order valence-electron chi connectivity index (χ4n) is 3.11. The lowest BCUT2D eigenvalue weighted by Crippen LogP contribution is -2.52. The molecule has 2 aliphatic heterocycles. The van der Waals surface area contributed by atoms with Crippen molar-refractivity contribution < 1.29 is 23.7 Å². The van der Waals surface area contributed by atoms with Crippen LogP contribution in [0.4, 0.5) is 0 Å². The Balaban J connectivity index is 1.41. The van der Waals surface area contributed by atoms with Gasteiger partial charge in [0.25, 0.3) is 0 Å². The third kappa shape index (κ3) is 3.65. The molecule has 4 atom stereocenters. The molecule has 0 amide bonds. The summed E-state index contributed by atoms with van der Waals surface area (Å²) in [7, 11) is 0. The van der Waals surface area contributed by atoms with Crippen molar-refractivity contribution in [1.82, 2.24) is 0 Å². The largest absolute Gasteiger partial charge is 0.363 e. The predicted octanol–water partition coefficient (Wildman–Crippen LogP) is 2.48. The van der Waals surface area contributed by atoms with Crippen molar-refractivity contribution in [3.63, 3.8) is 0 Å². The minimum atomic E-state index is -0.764. The second kappa shape index (κ2) is 7.45. The average molecular weight is 340 g/mol. The Morgan fingerprint density at radius 1 is 0.840 bits per heavy atom. The molecule has 0 radical (unpaired) electrons. The lowest BCUT2D eigenvalue weighted by atomic mass is 10.0. The maximum absolute atomic E-state index is 12.8. The fraction of sp³-hybridized carbons (Fsp3) is 0.350. The summed E-state index contributed by atoms with van der Waals surface area (Å²) >= 11 is 0. The highest BCUT2D eigenvalue weighted by Gasteiger charge is 2.51. The first-order chi connectivity index (χ1) is 12.3. The van der Waals surface area contributed by atoms with E-state index in [2.05, 4.69) is 0 Å². The predicted molar refractivity (Wildman–Crippen MR) is 89.7 cm³/mol. The molecule has 2 saturated heterocycles. The molecule has 2 heterocycles. The molecule has 2 bridgehead atoms. The van der Waals surface area contributed by atoms with Crippen molar-refractivity contribution in [2.75, 3.05) is 6.61 Å². The van der Waals surface area contributed by atoms with Crippen LogP contribution in [0.2, 0.25) is 0 Å². The molecule has 2 aromatic rings. The van der Waals surface area contributed by atoms with Crippen LogP contribution >= 0.6 is 0 Å². The van der Waals surface area contributed by atoms with E-state index in [-0.39, 0.29) is 11.9 Å². The molecular formula is C20H20O5. The molecule has 0 N–H and O–H groups in total. The van der Waals surface area contributed by atoms with E-state index >= 15 is 0 Å². The minimum absolute atomic E-state index is 0.106. The molecule has 25 heavy (non-hydrogen) atoms. The molecule has 0 aromatic heterocycles. The highest BCUT2D eigenvalue weighted by Crippen LogP contribution is 2.30. The molecule has 0 saturated carbocycles. The van der Waals surface area contributed by atoms with Crippen molar-refractivity contribution in [2.24, 2.45) is 0 Å². The zero-order chi connectivity index (χ0) is 17.1. The van der Waals surface area contributed by atoms with Crippen LogP contribution in [0.3, 0.4) is 0 Å². The zero-order valence-electron chi connectivity index (χ0n) is 13.7. The van der Waals surface area contributed by atoms with E-state index in [1.54, 1.807) is 0 Å². The van der Waals surface area contributed by atoms with Gasteiger partial charge in [0, 0.05) is 0 Å². The Morgan fingerprint density at radius 3 is 2.00 bits per heavy atom. The van der Waals surface area contributed by atoms with E-state index in [0.29, 0.717) is 19.8 Å². The van der Waals surface area contributed by atoms with Crippen LogP contribution in [-0.2, 0) is 37.0 Å². The Bertz CT molecular complexity index is 643. The summed E-state index contributed by atoms with van der Waals surface area (Å²) in [5, 5.41) is 0. The number of hydrogen-bond donors (Lipinski definition) is 0. The summed E-state index contributed by atoms with van der Waals surface area (Å²) in [5.74, 6) is -0.106. The number of benzene rings is 2. The molecule has 5 heteroatoms. The summed E-state index contributed by atoms with van der Waals surface area (Å²) in [6.45, 7) is 1.03. The summed E-state index contributed by atoms with van der Waals surface area (Å²) in [6, 6.07) is 19.5. The fourth-order valence-corrected chi connectivity index (χ4v) is 3.11. The normalized spacial score (nSPS) is 28.2. The first kappa shape index (κ1) is 16.4. The third-order valence-corrected chi connectivity index (χ3v) is 4.42. The van der Waals surface area contributed by atoms with E-state index in [1.165, 1.54) is 0 Å². The first-order valence-electron chi connectivity index (χ1n) is 8.43. The standard InChI is InChI=1S/C20H20O5/c21-17-18(22-11-14-7-3-1-4-8-14)16-13-24-20(25-16)19(17)23-12-15-9-5-2-6-10-15/h1-10,16,18-20H,11-13H2/t16-,18+,19+,20-/m1/s1. The number of rotatable bonds is 6. The number of fused-ring (bicyclic) bond motifs is 2. The van der Waals surface area contributed by atoms with Crippen molar-refractivity contribution >= 4 is 5.78 Å². The zero-order valence-corrected chi connectivity index (χ0v) is 13.7. The summed E-state index contributed by atoms with van der Waals surface area (Å²) in [6.07, 6.45) is -2.44. The van der Waals surface area contributed by atoms with E-state index in [4.69, 9.17) is 18.9 Å². The molecule has 130 valence electrons. The van der Waals surface area contributed by atoms with Crippen LogP contribution < -0.4 is 0 Å². The van der Waals surface area contributed by atoms with Gasteiger partial charge in [-0.2, -0.15) is 0 Å². The van der Waals surface area contributed by atoms with Crippen LogP contribution in [0.15, 0.2) is 60.7 Å². The Morgan fingerprint density at radius 2 is 1.40 bits per heavy atom. The second-order valence-corrected chi connectivity index (χ2v) is 6.21. The van der Waals surface area contributed by atoms with Crippen LogP contribution in [0.25, 0.3) is 0 Å². The van der Waals surface area contributed by atoms with Gasteiger partial charge >= 0.3 is 0 Å². The topological polar surface area (TPSA) is 54.0 Å². The molecule has 0 aliphatic carbocycles. The number of ketones is 1. The molecule has 5 nitrogen and oxygen atoms in total. The Labute approximate surface area is 146 Å². The quantitative estimate of drug-likeness (QED) is 0.809. The number of Topliss-reactive ketones (excluding diaryl/α,β-unsaturated/α-hetero) is 1. The van der Waals surface area contributed by atoms with Gasteiger partial charge in [-0.3, -0.25) is 4.79 Å². The van der Waals surface area contributed by atoms with Gasteiger partial charge in [0.15, 0.2) is 18.2 Å². The first-order valence-corrected chi connectivity index (χ1v) is 8.43. The van der Waals surface area contributed by atoms with Crippen LogP contribution in [0, 0.1) is 0 Å². The molecule has 2 aromatic carbocycles. The lowest BCUT2D eigenvalue weighted by molar-refractivity contribution is -0.206. The smallest absolute Gasteiger partial charge is 0.198 e. The monoisotopic (exact) mass is 340 g/mol. The van der Waals surface area contributed by atoms with Crippen molar-refractivity contribution in [3.8, 4) is 0 Å². The number of carbonyl (C=O) groups excluding carboxylic acids is 1. The molecule has 2 aliphatic rings. The molecule has 4 rings (SSSR count). The van der Waals surface area contributed by atoms with Crippen LogP contribution in [0.5, 0.6) is 0 Å². The van der Waals surface area contributed by atoms with Crippen molar-refractivity contribution in [3.05, 3.63) is 71.8 Å². The number of ether oxygens (including phenoxy) is 4. The van der Waals surface area contributed by atoms with Crippen molar-refractivity contribution in [1.29, 1.82) is 0 Å². The average Bonchev–Trinajstić information content (AvgIpc) is 3.09. The van der Waals surface area contributed by atoms with E-state index in [9.17, 15) is 4.79 Å². The van der Waals surface area contributed by atoms with Gasteiger partial charge in [0.05, 0.1) is 19.8 Å². The highest BCUT2D eigenvalue weighted by molar-refractivity contribution is 5.89. The van der Waals surface area contributed by atoms with E-state index in [0.717, 1.165) is 11.1 Å². The second-order valence-electron chi connectivity index (χ2n) is 6.21. The maximum Gasteiger partial charge on any atom is 0.198 e. The summed E-state index contributed by atoms with van der Waals surface area (Å²) in [4.78, 5) is 12.8.